The average Bonchev–Trinajstić information content (AvgIpc) is 2.43. The summed E-state index contributed by atoms with van der Waals surface area (Å²) in [6, 6.07) is 10.5. The van der Waals surface area contributed by atoms with Gasteiger partial charge in [0.2, 0.25) is 0 Å². The number of nitrogens with one attached hydrogen (secondary N) is 1. The van der Waals surface area contributed by atoms with Gasteiger partial charge in [-0.3, -0.25) is 5.32 Å². The Hall–Kier alpha value is -1.78. The summed E-state index contributed by atoms with van der Waals surface area (Å²) in [4.78, 5) is 11.6. The van der Waals surface area contributed by atoms with Gasteiger partial charge in [0.15, 0.2) is 0 Å². The van der Waals surface area contributed by atoms with Gasteiger partial charge in [-0.1, -0.05) is 41.4 Å². The Balaban J connectivity index is 1.92. The average molecular weight is 314 g/mol. The van der Waals surface area contributed by atoms with E-state index in [2.05, 4.69) is 5.32 Å². The third-order valence-corrected chi connectivity index (χ3v) is 3.29. The van der Waals surface area contributed by atoms with Gasteiger partial charge in [-0.05, 0) is 29.8 Å². The lowest BCUT2D eigenvalue weighted by Crippen LogP contribution is -2.13. The Morgan fingerprint density at radius 2 is 1.85 bits per heavy atom. The number of rotatable bonds is 3. The zero-order chi connectivity index (χ0) is 14.5. The van der Waals surface area contributed by atoms with E-state index in [9.17, 15) is 9.18 Å². The molecule has 0 bridgehead atoms. The largest absolute Gasteiger partial charge is 0.444 e. The summed E-state index contributed by atoms with van der Waals surface area (Å²) in [5.41, 5.74) is 1.04. The third kappa shape index (κ3) is 3.85. The Labute approximate surface area is 125 Å². The van der Waals surface area contributed by atoms with Crippen LogP contribution in [-0.2, 0) is 11.3 Å². The lowest BCUT2D eigenvalue weighted by molar-refractivity contribution is 0.155. The fraction of sp³-hybridized carbons (Fsp3) is 0.0714. The molecule has 6 heteroatoms. The molecular weight excluding hydrogens is 304 g/mol. The van der Waals surface area contributed by atoms with Crippen LogP contribution in [0.4, 0.5) is 14.9 Å². The van der Waals surface area contributed by atoms with Crippen LogP contribution >= 0.6 is 23.2 Å². The maximum Gasteiger partial charge on any atom is 0.412 e. The molecule has 3 nitrogen and oxygen atoms in total. The summed E-state index contributed by atoms with van der Waals surface area (Å²) in [7, 11) is 0. The minimum Gasteiger partial charge on any atom is -0.444 e. The van der Waals surface area contributed by atoms with E-state index in [0.29, 0.717) is 16.3 Å². The molecular formula is C14H10Cl2FNO2. The first-order valence-electron chi connectivity index (χ1n) is 5.68. The molecule has 2 rings (SSSR count). The molecule has 0 atom stereocenters. The van der Waals surface area contributed by atoms with Crippen molar-refractivity contribution in [1.82, 2.24) is 0 Å². The van der Waals surface area contributed by atoms with Gasteiger partial charge in [0.1, 0.15) is 12.4 Å². The van der Waals surface area contributed by atoms with E-state index in [0.717, 1.165) is 0 Å². The summed E-state index contributed by atoms with van der Waals surface area (Å²) >= 11 is 11.8. The smallest absolute Gasteiger partial charge is 0.412 e. The number of carbonyl (C=O) groups is 1. The molecule has 0 aliphatic carbocycles. The fourth-order valence-electron chi connectivity index (χ4n) is 1.48. The van der Waals surface area contributed by atoms with Crippen molar-refractivity contribution in [2.75, 3.05) is 5.32 Å². The van der Waals surface area contributed by atoms with Crippen molar-refractivity contribution in [2.24, 2.45) is 0 Å². The van der Waals surface area contributed by atoms with Crippen LogP contribution in [0.3, 0.4) is 0 Å². The quantitative estimate of drug-likeness (QED) is 0.876. The van der Waals surface area contributed by atoms with Gasteiger partial charge < -0.3 is 4.74 Å². The Morgan fingerprint density at radius 3 is 2.55 bits per heavy atom. The van der Waals surface area contributed by atoms with Crippen LogP contribution in [-0.4, -0.2) is 6.09 Å². The number of amides is 1. The molecule has 0 unspecified atom stereocenters. The summed E-state index contributed by atoms with van der Waals surface area (Å²) in [6.45, 7) is 0.0320. The molecule has 1 amide bonds. The number of ether oxygens (including phenoxy) is 1. The monoisotopic (exact) mass is 313 g/mol. The second kappa shape index (κ2) is 6.59. The van der Waals surface area contributed by atoms with Gasteiger partial charge in [-0.2, -0.15) is 0 Å². The first-order valence-corrected chi connectivity index (χ1v) is 6.44. The Kier molecular flexibility index (Phi) is 4.82. The first kappa shape index (κ1) is 14.6. The zero-order valence-corrected chi connectivity index (χ0v) is 11.7. The number of halogens is 3. The zero-order valence-electron chi connectivity index (χ0n) is 10.2. The summed E-state index contributed by atoms with van der Waals surface area (Å²) in [6.07, 6.45) is -0.668. The minimum atomic E-state index is -0.668. The predicted octanol–water partition coefficient (Wildman–Crippen LogP) is 4.88. The molecule has 0 aliphatic heterocycles. The van der Waals surface area contributed by atoms with Crippen molar-refractivity contribution in [3.05, 3.63) is 63.9 Å². The second-order valence-electron chi connectivity index (χ2n) is 3.93. The van der Waals surface area contributed by atoms with Gasteiger partial charge in [-0.25, -0.2) is 9.18 Å². The molecule has 1 N–H and O–H groups in total. The Bertz CT molecular complexity index is 617. The van der Waals surface area contributed by atoms with E-state index < -0.39 is 6.09 Å². The van der Waals surface area contributed by atoms with Crippen LogP contribution in [0.25, 0.3) is 0 Å². The topological polar surface area (TPSA) is 38.3 Å². The molecule has 2 aromatic rings. The standard InChI is InChI=1S/C14H10Cl2FNO2/c15-11-2-1-3-12(13(11)16)18-14(19)20-8-9-4-6-10(17)7-5-9/h1-7H,8H2,(H,18,19). The molecule has 0 spiro atoms. The number of carbonyl (C=O) groups excluding carboxylic acids is 1. The number of hydrogen-bond acceptors (Lipinski definition) is 2. The lowest BCUT2D eigenvalue weighted by Gasteiger charge is -2.09. The van der Waals surface area contributed by atoms with Crippen molar-refractivity contribution in [3.63, 3.8) is 0 Å². The maximum atomic E-state index is 12.7. The van der Waals surface area contributed by atoms with E-state index in [1.54, 1.807) is 18.2 Å². The number of hydrogen-bond donors (Lipinski definition) is 1. The SMILES string of the molecule is O=C(Nc1cccc(Cl)c1Cl)OCc1ccc(F)cc1. The third-order valence-electron chi connectivity index (χ3n) is 2.47. The van der Waals surface area contributed by atoms with E-state index in [1.807, 2.05) is 0 Å². The molecule has 0 aliphatic rings. The van der Waals surface area contributed by atoms with Crippen LogP contribution in [0.15, 0.2) is 42.5 Å². The van der Waals surface area contributed by atoms with Crippen LogP contribution in [0, 0.1) is 5.82 Å². The number of benzene rings is 2. The van der Waals surface area contributed by atoms with Crippen LogP contribution in [0.5, 0.6) is 0 Å². The van der Waals surface area contributed by atoms with Gasteiger partial charge in [0, 0.05) is 0 Å². The Morgan fingerprint density at radius 1 is 1.15 bits per heavy atom. The van der Waals surface area contributed by atoms with Crippen molar-refractivity contribution < 1.29 is 13.9 Å². The summed E-state index contributed by atoms with van der Waals surface area (Å²) in [5.74, 6) is -0.344. The number of anilines is 1. The molecule has 0 heterocycles. The highest BCUT2D eigenvalue weighted by Gasteiger charge is 2.09. The van der Waals surface area contributed by atoms with Crippen molar-refractivity contribution in [3.8, 4) is 0 Å². The van der Waals surface area contributed by atoms with E-state index in [-0.39, 0.29) is 17.4 Å². The van der Waals surface area contributed by atoms with Crippen molar-refractivity contribution in [1.29, 1.82) is 0 Å². The molecule has 0 fully saturated rings. The fourth-order valence-corrected chi connectivity index (χ4v) is 1.82. The van der Waals surface area contributed by atoms with E-state index in [4.69, 9.17) is 27.9 Å². The molecule has 104 valence electrons. The normalized spacial score (nSPS) is 10.2. The van der Waals surface area contributed by atoms with Gasteiger partial charge >= 0.3 is 6.09 Å². The highest BCUT2D eigenvalue weighted by atomic mass is 35.5. The summed E-state index contributed by atoms with van der Waals surface area (Å²) < 4.78 is 17.7. The maximum absolute atomic E-state index is 12.7. The molecule has 0 saturated heterocycles. The van der Waals surface area contributed by atoms with Crippen LogP contribution in [0.1, 0.15) is 5.56 Å². The molecule has 0 aromatic heterocycles. The minimum absolute atomic E-state index is 0.0320. The van der Waals surface area contributed by atoms with Crippen molar-refractivity contribution in [2.45, 2.75) is 6.61 Å². The highest BCUT2D eigenvalue weighted by molar-refractivity contribution is 6.43. The van der Waals surface area contributed by atoms with E-state index >= 15 is 0 Å². The molecule has 20 heavy (non-hydrogen) atoms. The van der Waals surface area contributed by atoms with Gasteiger partial charge in [0.05, 0.1) is 15.7 Å². The van der Waals surface area contributed by atoms with Gasteiger partial charge in [-0.15, -0.1) is 0 Å². The van der Waals surface area contributed by atoms with Crippen LogP contribution < -0.4 is 5.32 Å². The molecule has 0 saturated carbocycles. The van der Waals surface area contributed by atoms with Gasteiger partial charge in [0.25, 0.3) is 0 Å². The lowest BCUT2D eigenvalue weighted by atomic mass is 10.2. The predicted molar refractivity (Wildman–Crippen MR) is 76.7 cm³/mol. The second-order valence-corrected chi connectivity index (χ2v) is 4.71. The van der Waals surface area contributed by atoms with Crippen LogP contribution in [0.2, 0.25) is 10.0 Å². The molecule has 2 aromatic carbocycles. The molecule has 0 radical (unpaired) electrons. The highest BCUT2D eigenvalue weighted by Crippen LogP contribution is 2.29. The van der Waals surface area contributed by atoms with E-state index in [1.165, 1.54) is 24.3 Å². The first-order chi connectivity index (χ1) is 9.56. The summed E-state index contributed by atoms with van der Waals surface area (Å²) in [5, 5.41) is 3.06. The van der Waals surface area contributed by atoms with Crippen molar-refractivity contribution >= 4 is 35.0 Å².